The number of hydrogen-bond donors (Lipinski definition) is 1. The Hall–Kier alpha value is -5.29. The summed E-state index contributed by atoms with van der Waals surface area (Å²) in [5.41, 5.74) is 8.82. The molecule has 0 aliphatic carbocycles. The highest BCUT2D eigenvalue weighted by Crippen LogP contribution is 2.54. The highest BCUT2D eigenvalue weighted by Gasteiger charge is 2.37. The number of pyridine rings is 1. The van der Waals surface area contributed by atoms with E-state index in [1.165, 1.54) is 16.7 Å². The van der Waals surface area contributed by atoms with Crippen molar-refractivity contribution in [2.24, 2.45) is 0 Å². The standard InChI is InChI=1S/C44H47N3O7/c1-47-18-15-32-34(26-52-25-29-7-6-16-45-24-29)42(50-4)44(51-5)43-41(32)36(47)20-28-10-13-37(48-2)39(21-28)53-31-11-8-27(9-12-31)19-35-33-23-40(54-43)38(49-3)22-30(33)14-17-46-35/h6-13,16,21-24,35-36,46H,14-15,17-20,25-26H2,1-5H3/t35-,36-/m0/s1. The fraction of sp³-hybridized carbons (Fsp3) is 0.341. The molecule has 10 nitrogen and oxygen atoms in total. The van der Waals surface area contributed by atoms with Gasteiger partial charge in [-0.1, -0.05) is 24.3 Å². The van der Waals surface area contributed by atoms with Gasteiger partial charge in [-0.25, -0.2) is 0 Å². The van der Waals surface area contributed by atoms with Gasteiger partial charge in [0, 0.05) is 42.1 Å². The molecular weight excluding hydrogens is 682 g/mol. The first-order chi connectivity index (χ1) is 26.5. The Balaban J connectivity index is 1.33. The Morgan fingerprint density at radius 3 is 2.35 bits per heavy atom. The molecule has 9 rings (SSSR count). The van der Waals surface area contributed by atoms with Gasteiger partial charge in [-0.15, -0.1) is 0 Å². The summed E-state index contributed by atoms with van der Waals surface area (Å²) in [5.74, 6) is 5.10. The molecule has 0 unspecified atom stereocenters. The zero-order valence-corrected chi connectivity index (χ0v) is 31.6. The molecule has 0 fully saturated rings. The van der Waals surface area contributed by atoms with Crippen LogP contribution in [-0.2, 0) is 43.6 Å². The molecule has 6 bridgehead atoms. The van der Waals surface area contributed by atoms with Crippen LogP contribution >= 0.6 is 0 Å². The van der Waals surface area contributed by atoms with Crippen LogP contribution in [0.2, 0.25) is 0 Å². The minimum absolute atomic E-state index is 0.0769. The summed E-state index contributed by atoms with van der Waals surface area (Å²) in [6, 6.07) is 22.7. The highest BCUT2D eigenvalue weighted by atomic mass is 16.5. The third kappa shape index (κ3) is 6.93. The molecule has 280 valence electrons. The van der Waals surface area contributed by atoms with Crippen LogP contribution < -0.4 is 33.7 Å². The average Bonchev–Trinajstić information content (AvgIpc) is 3.20. The van der Waals surface area contributed by atoms with E-state index in [1.807, 2.05) is 36.5 Å². The third-order valence-corrected chi connectivity index (χ3v) is 10.9. The maximum atomic E-state index is 7.16. The molecule has 1 N–H and O–H groups in total. The van der Waals surface area contributed by atoms with Gasteiger partial charge in [-0.05, 0) is 115 Å². The molecule has 10 heteroatoms. The van der Waals surface area contributed by atoms with Gasteiger partial charge >= 0.3 is 0 Å². The monoisotopic (exact) mass is 729 g/mol. The predicted octanol–water partition coefficient (Wildman–Crippen LogP) is 7.93. The Kier molecular flexibility index (Phi) is 10.3. The van der Waals surface area contributed by atoms with Gasteiger partial charge in [0.25, 0.3) is 0 Å². The quantitative estimate of drug-likeness (QED) is 0.170. The topological polar surface area (TPSA) is 92.8 Å². The molecule has 0 saturated heterocycles. The molecule has 0 spiro atoms. The van der Waals surface area contributed by atoms with Crippen molar-refractivity contribution in [1.29, 1.82) is 0 Å². The van der Waals surface area contributed by atoms with Crippen molar-refractivity contribution < 1.29 is 33.2 Å². The zero-order chi connectivity index (χ0) is 37.2. The van der Waals surface area contributed by atoms with Gasteiger partial charge in [-0.2, -0.15) is 0 Å². The Morgan fingerprint density at radius 1 is 0.796 bits per heavy atom. The average molecular weight is 730 g/mol. The normalized spacial score (nSPS) is 17.6. The van der Waals surface area contributed by atoms with Crippen LogP contribution in [0.4, 0.5) is 0 Å². The molecule has 4 aliphatic rings. The lowest BCUT2D eigenvalue weighted by Crippen LogP contribution is -2.35. The van der Waals surface area contributed by atoms with Crippen LogP contribution in [0.25, 0.3) is 0 Å². The summed E-state index contributed by atoms with van der Waals surface area (Å²) < 4.78 is 44.3. The Morgan fingerprint density at radius 2 is 1.59 bits per heavy atom. The van der Waals surface area contributed by atoms with Crippen LogP contribution in [0, 0.1) is 0 Å². The first-order valence-electron chi connectivity index (χ1n) is 18.5. The van der Waals surface area contributed by atoms with E-state index >= 15 is 0 Å². The number of benzene rings is 4. The Labute approximate surface area is 316 Å². The Bertz CT molecular complexity index is 2120. The molecule has 4 aromatic carbocycles. The maximum Gasteiger partial charge on any atom is 0.204 e. The zero-order valence-electron chi connectivity index (χ0n) is 31.6. The number of likely N-dealkylation sites (N-methyl/N-ethyl adjacent to an activating group) is 1. The third-order valence-electron chi connectivity index (χ3n) is 10.9. The lowest BCUT2D eigenvalue weighted by Gasteiger charge is -2.38. The minimum atomic E-state index is -0.0990. The van der Waals surface area contributed by atoms with Gasteiger partial charge in [-0.3, -0.25) is 9.88 Å². The van der Waals surface area contributed by atoms with E-state index in [0.29, 0.717) is 59.9 Å². The first-order valence-corrected chi connectivity index (χ1v) is 18.5. The van der Waals surface area contributed by atoms with Gasteiger partial charge in [0.2, 0.25) is 5.75 Å². The van der Waals surface area contributed by atoms with Crippen LogP contribution in [0.15, 0.2) is 79.1 Å². The van der Waals surface area contributed by atoms with Crippen molar-refractivity contribution in [2.75, 3.05) is 48.6 Å². The second-order valence-corrected chi connectivity index (χ2v) is 14.1. The summed E-state index contributed by atoms with van der Waals surface area (Å²) in [6.07, 6.45) is 6.71. The molecule has 2 atom stereocenters. The number of rotatable bonds is 8. The summed E-state index contributed by atoms with van der Waals surface area (Å²) in [6.45, 7) is 2.43. The summed E-state index contributed by atoms with van der Waals surface area (Å²) >= 11 is 0. The van der Waals surface area contributed by atoms with E-state index in [1.54, 1.807) is 34.6 Å². The molecular formula is C44H47N3O7. The number of fused-ring (bicyclic) bond motifs is 2. The number of nitrogens with one attached hydrogen (secondary N) is 1. The van der Waals surface area contributed by atoms with Crippen molar-refractivity contribution in [3.05, 3.63) is 124 Å². The van der Waals surface area contributed by atoms with Crippen LogP contribution in [0.5, 0.6) is 46.0 Å². The molecule has 5 heterocycles. The number of methoxy groups -OCH3 is 4. The number of aromatic nitrogens is 1. The summed E-state index contributed by atoms with van der Waals surface area (Å²) in [4.78, 5) is 6.65. The molecule has 4 aliphatic heterocycles. The van der Waals surface area contributed by atoms with Crippen molar-refractivity contribution in [1.82, 2.24) is 15.2 Å². The summed E-state index contributed by atoms with van der Waals surface area (Å²) in [5, 5.41) is 3.76. The minimum Gasteiger partial charge on any atom is -0.493 e. The van der Waals surface area contributed by atoms with E-state index < -0.39 is 0 Å². The second kappa shape index (κ2) is 15.6. The smallest absolute Gasteiger partial charge is 0.204 e. The maximum absolute atomic E-state index is 7.16. The lowest BCUT2D eigenvalue weighted by molar-refractivity contribution is 0.103. The van der Waals surface area contributed by atoms with E-state index in [-0.39, 0.29) is 12.1 Å². The van der Waals surface area contributed by atoms with Gasteiger partial charge in [0.15, 0.2) is 34.5 Å². The van der Waals surface area contributed by atoms with Crippen molar-refractivity contribution in [2.45, 2.75) is 51.0 Å². The van der Waals surface area contributed by atoms with Crippen LogP contribution in [-0.4, -0.2) is 58.5 Å². The first kappa shape index (κ1) is 35.7. The van der Waals surface area contributed by atoms with Crippen LogP contribution in [0.3, 0.4) is 0 Å². The van der Waals surface area contributed by atoms with E-state index in [2.05, 4.69) is 58.6 Å². The lowest BCUT2D eigenvalue weighted by atomic mass is 9.84. The predicted molar refractivity (Wildman–Crippen MR) is 206 cm³/mol. The van der Waals surface area contributed by atoms with E-state index in [4.69, 9.17) is 33.2 Å². The molecule has 5 aromatic rings. The van der Waals surface area contributed by atoms with Crippen molar-refractivity contribution in [3.63, 3.8) is 0 Å². The second-order valence-electron chi connectivity index (χ2n) is 14.1. The largest absolute Gasteiger partial charge is 0.493 e. The molecule has 0 amide bonds. The fourth-order valence-corrected chi connectivity index (χ4v) is 8.16. The van der Waals surface area contributed by atoms with Gasteiger partial charge < -0.3 is 38.5 Å². The van der Waals surface area contributed by atoms with Gasteiger partial charge in [0.05, 0.1) is 41.7 Å². The molecule has 1 aromatic heterocycles. The number of ether oxygens (including phenoxy) is 7. The molecule has 0 saturated carbocycles. The number of hydrogen-bond acceptors (Lipinski definition) is 10. The molecule has 0 radical (unpaired) electrons. The molecule has 54 heavy (non-hydrogen) atoms. The summed E-state index contributed by atoms with van der Waals surface area (Å²) in [7, 11) is 8.87. The van der Waals surface area contributed by atoms with Crippen LogP contribution in [0.1, 0.15) is 56.6 Å². The fourth-order valence-electron chi connectivity index (χ4n) is 8.16. The van der Waals surface area contributed by atoms with E-state index in [0.717, 1.165) is 65.9 Å². The number of nitrogens with zero attached hydrogens (tertiary/aromatic N) is 2. The SMILES string of the molecule is COc1ccc2cc1Oc1ccc(cc1)C[C@@H]1NCCc3cc(OC)c(cc31)Oc1c(OC)c(OC)c(COCc3cccnc3)c3c1[C@H](C2)N(C)CC3. The highest BCUT2D eigenvalue weighted by molar-refractivity contribution is 5.67. The van der Waals surface area contributed by atoms with Gasteiger partial charge in [0.1, 0.15) is 5.75 Å². The van der Waals surface area contributed by atoms with E-state index in [9.17, 15) is 0 Å². The van der Waals surface area contributed by atoms with Crippen molar-refractivity contribution >= 4 is 0 Å². The van der Waals surface area contributed by atoms with Crippen molar-refractivity contribution in [3.8, 4) is 46.0 Å².